The van der Waals surface area contributed by atoms with E-state index in [1.54, 1.807) is 5.06 Å². The molecular weight excluding hydrogens is 212 g/mol. The SMILES string of the molecule is CCN(CC)C1CCC(C)(C)N(O)C(C)(C)C1. The largest absolute Gasteiger partial charge is 0.313 e. The molecule has 3 heteroatoms. The summed E-state index contributed by atoms with van der Waals surface area (Å²) in [7, 11) is 0. The van der Waals surface area contributed by atoms with Crippen LogP contribution in [-0.4, -0.2) is 45.4 Å². The molecule has 1 rings (SSSR count). The van der Waals surface area contributed by atoms with Gasteiger partial charge in [0, 0.05) is 17.1 Å². The fourth-order valence-corrected chi connectivity index (χ4v) is 3.26. The molecule has 0 aromatic carbocycles. The van der Waals surface area contributed by atoms with Crippen LogP contribution in [0.1, 0.15) is 60.8 Å². The van der Waals surface area contributed by atoms with Gasteiger partial charge in [0.2, 0.25) is 0 Å². The van der Waals surface area contributed by atoms with E-state index in [9.17, 15) is 5.21 Å². The van der Waals surface area contributed by atoms with Gasteiger partial charge in [-0.2, -0.15) is 5.06 Å². The first-order valence-corrected chi connectivity index (χ1v) is 6.98. The third-order valence-electron chi connectivity index (χ3n) is 4.30. The highest BCUT2D eigenvalue weighted by molar-refractivity contribution is 4.95. The number of hydrogen-bond donors (Lipinski definition) is 1. The quantitative estimate of drug-likeness (QED) is 0.823. The molecule has 0 bridgehead atoms. The van der Waals surface area contributed by atoms with Crippen LogP contribution in [0, 0.1) is 0 Å². The van der Waals surface area contributed by atoms with Crippen molar-refractivity contribution < 1.29 is 5.21 Å². The zero-order valence-electron chi connectivity index (χ0n) is 12.5. The Balaban J connectivity index is 2.88. The van der Waals surface area contributed by atoms with Crippen LogP contribution in [0.25, 0.3) is 0 Å². The zero-order chi connectivity index (χ0) is 13.3. The van der Waals surface area contributed by atoms with Gasteiger partial charge < -0.3 is 10.1 Å². The number of hydroxylamine groups is 2. The highest BCUT2D eigenvalue weighted by Gasteiger charge is 2.42. The summed E-state index contributed by atoms with van der Waals surface area (Å²) >= 11 is 0. The van der Waals surface area contributed by atoms with Crippen LogP contribution in [0.4, 0.5) is 0 Å². The van der Waals surface area contributed by atoms with E-state index in [0.29, 0.717) is 6.04 Å². The lowest BCUT2D eigenvalue weighted by Gasteiger charge is -2.42. The molecule has 1 aliphatic heterocycles. The fourth-order valence-electron chi connectivity index (χ4n) is 3.26. The van der Waals surface area contributed by atoms with Gasteiger partial charge in [-0.1, -0.05) is 13.8 Å². The molecule has 0 aromatic rings. The van der Waals surface area contributed by atoms with Crippen LogP contribution < -0.4 is 0 Å². The number of rotatable bonds is 3. The Morgan fingerprint density at radius 3 is 2.12 bits per heavy atom. The van der Waals surface area contributed by atoms with E-state index in [1.165, 1.54) is 6.42 Å². The smallest absolute Gasteiger partial charge is 0.0425 e. The molecule has 0 saturated carbocycles. The molecule has 1 N–H and O–H groups in total. The molecule has 17 heavy (non-hydrogen) atoms. The summed E-state index contributed by atoms with van der Waals surface area (Å²) in [5.74, 6) is 0. The van der Waals surface area contributed by atoms with Crippen LogP contribution in [0.2, 0.25) is 0 Å². The minimum atomic E-state index is -0.146. The Hall–Kier alpha value is -0.120. The molecule has 0 aromatic heterocycles. The fraction of sp³-hybridized carbons (Fsp3) is 1.00. The molecule has 102 valence electrons. The van der Waals surface area contributed by atoms with Crippen LogP contribution in [-0.2, 0) is 0 Å². The monoisotopic (exact) mass is 242 g/mol. The molecule has 0 radical (unpaired) electrons. The van der Waals surface area contributed by atoms with Crippen molar-refractivity contribution in [2.75, 3.05) is 13.1 Å². The molecule has 0 aliphatic carbocycles. The summed E-state index contributed by atoms with van der Waals surface area (Å²) < 4.78 is 0. The third-order valence-corrected chi connectivity index (χ3v) is 4.30. The van der Waals surface area contributed by atoms with Gasteiger partial charge in [-0.3, -0.25) is 0 Å². The standard InChI is InChI=1S/C14H30N2O/c1-7-15(8-2)12-9-10-13(3,4)16(17)14(5,6)11-12/h12,17H,7-11H2,1-6H3. The van der Waals surface area contributed by atoms with Crippen molar-refractivity contribution in [3.8, 4) is 0 Å². The van der Waals surface area contributed by atoms with Crippen molar-refractivity contribution in [2.24, 2.45) is 0 Å². The highest BCUT2D eigenvalue weighted by atomic mass is 16.5. The summed E-state index contributed by atoms with van der Waals surface area (Å²) in [6.45, 7) is 15.2. The van der Waals surface area contributed by atoms with Crippen LogP contribution in [0.15, 0.2) is 0 Å². The average Bonchev–Trinajstić information content (AvgIpc) is 2.32. The predicted molar refractivity (Wildman–Crippen MR) is 72.3 cm³/mol. The van der Waals surface area contributed by atoms with E-state index in [0.717, 1.165) is 25.9 Å². The van der Waals surface area contributed by atoms with Crippen LogP contribution >= 0.6 is 0 Å². The topological polar surface area (TPSA) is 26.7 Å². The summed E-state index contributed by atoms with van der Waals surface area (Å²) in [5.41, 5.74) is -0.265. The van der Waals surface area contributed by atoms with Crippen molar-refractivity contribution in [1.29, 1.82) is 0 Å². The van der Waals surface area contributed by atoms with Gasteiger partial charge in [0.25, 0.3) is 0 Å². The summed E-state index contributed by atoms with van der Waals surface area (Å²) in [6.07, 6.45) is 3.26. The number of nitrogens with zero attached hydrogens (tertiary/aromatic N) is 2. The second-order valence-electron chi connectivity index (χ2n) is 6.55. The Kier molecular flexibility index (Phi) is 4.61. The van der Waals surface area contributed by atoms with E-state index in [1.807, 2.05) is 0 Å². The van der Waals surface area contributed by atoms with Gasteiger partial charge in [0.15, 0.2) is 0 Å². The first-order chi connectivity index (χ1) is 7.74. The average molecular weight is 242 g/mol. The molecule has 1 saturated heterocycles. The maximum atomic E-state index is 10.4. The minimum absolute atomic E-state index is 0.120. The van der Waals surface area contributed by atoms with Crippen LogP contribution in [0.3, 0.4) is 0 Å². The normalized spacial score (nSPS) is 29.3. The van der Waals surface area contributed by atoms with Gasteiger partial charge in [-0.25, -0.2) is 0 Å². The van der Waals surface area contributed by atoms with Gasteiger partial charge in [0.1, 0.15) is 0 Å². The molecule has 1 aliphatic rings. The molecule has 0 amide bonds. The van der Waals surface area contributed by atoms with Crippen molar-refractivity contribution >= 4 is 0 Å². The van der Waals surface area contributed by atoms with Crippen molar-refractivity contribution in [2.45, 2.75) is 77.9 Å². The first kappa shape index (κ1) is 14.9. The molecule has 1 unspecified atom stereocenters. The maximum absolute atomic E-state index is 10.4. The predicted octanol–water partition coefficient (Wildman–Crippen LogP) is 3.13. The molecule has 1 atom stereocenters. The molecule has 1 fully saturated rings. The number of hydrogen-bond acceptors (Lipinski definition) is 3. The van der Waals surface area contributed by atoms with E-state index >= 15 is 0 Å². The molecule has 1 heterocycles. The Morgan fingerprint density at radius 2 is 1.65 bits per heavy atom. The summed E-state index contributed by atoms with van der Waals surface area (Å²) in [4.78, 5) is 2.52. The first-order valence-electron chi connectivity index (χ1n) is 6.98. The van der Waals surface area contributed by atoms with E-state index in [4.69, 9.17) is 0 Å². The summed E-state index contributed by atoms with van der Waals surface area (Å²) in [5, 5.41) is 12.0. The van der Waals surface area contributed by atoms with Crippen LogP contribution in [0.5, 0.6) is 0 Å². The van der Waals surface area contributed by atoms with Gasteiger partial charge >= 0.3 is 0 Å². The van der Waals surface area contributed by atoms with Crippen molar-refractivity contribution in [3.63, 3.8) is 0 Å². The van der Waals surface area contributed by atoms with Crippen molar-refractivity contribution in [1.82, 2.24) is 9.96 Å². The van der Waals surface area contributed by atoms with Gasteiger partial charge in [-0.15, -0.1) is 0 Å². The molecule has 0 spiro atoms. The molecule has 3 nitrogen and oxygen atoms in total. The maximum Gasteiger partial charge on any atom is 0.0425 e. The van der Waals surface area contributed by atoms with Gasteiger partial charge in [0.05, 0.1) is 0 Å². The minimum Gasteiger partial charge on any atom is -0.313 e. The Morgan fingerprint density at radius 1 is 1.12 bits per heavy atom. The second-order valence-corrected chi connectivity index (χ2v) is 6.55. The van der Waals surface area contributed by atoms with Gasteiger partial charge in [-0.05, 0) is 60.0 Å². The summed E-state index contributed by atoms with van der Waals surface area (Å²) in [6, 6.07) is 0.594. The lowest BCUT2D eigenvalue weighted by atomic mass is 9.93. The lowest BCUT2D eigenvalue weighted by Crippen LogP contribution is -2.53. The van der Waals surface area contributed by atoms with E-state index < -0.39 is 0 Å². The van der Waals surface area contributed by atoms with Crippen molar-refractivity contribution in [3.05, 3.63) is 0 Å². The third kappa shape index (κ3) is 3.21. The van der Waals surface area contributed by atoms with E-state index in [2.05, 4.69) is 46.4 Å². The molecular formula is C14H30N2O. The highest BCUT2D eigenvalue weighted by Crippen LogP contribution is 2.36. The second kappa shape index (κ2) is 5.25. The Labute approximate surface area is 107 Å². The Bertz CT molecular complexity index is 247. The zero-order valence-corrected chi connectivity index (χ0v) is 12.5. The van der Waals surface area contributed by atoms with E-state index in [-0.39, 0.29) is 11.1 Å². The lowest BCUT2D eigenvalue weighted by molar-refractivity contribution is -0.222.